The fourth-order valence-electron chi connectivity index (χ4n) is 2.07. The highest BCUT2D eigenvalue weighted by molar-refractivity contribution is 5.69. The van der Waals surface area contributed by atoms with E-state index in [1.807, 2.05) is 20.8 Å². The maximum absolute atomic E-state index is 11.8. The minimum absolute atomic E-state index is 0.396. The van der Waals surface area contributed by atoms with Gasteiger partial charge in [0.1, 0.15) is 11.4 Å². The van der Waals surface area contributed by atoms with Crippen LogP contribution in [0.2, 0.25) is 0 Å². The summed E-state index contributed by atoms with van der Waals surface area (Å²) >= 11 is 0. The van der Waals surface area contributed by atoms with E-state index in [9.17, 15) is 4.79 Å². The van der Waals surface area contributed by atoms with Crippen LogP contribution in [0.3, 0.4) is 0 Å². The molecule has 0 radical (unpaired) electrons. The number of carbonyl (C=O) groups excluding carboxylic acids is 1. The zero-order valence-corrected chi connectivity index (χ0v) is 11.0. The summed E-state index contributed by atoms with van der Waals surface area (Å²) in [5.74, 6) is 0.433. The lowest BCUT2D eigenvalue weighted by atomic mass is 9.74. The van der Waals surface area contributed by atoms with Gasteiger partial charge in [0.15, 0.2) is 0 Å². The van der Waals surface area contributed by atoms with Crippen molar-refractivity contribution in [3.63, 3.8) is 0 Å². The van der Waals surface area contributed by atoms with Crippen LogP contribution in [-0.2, 0) is 10.3 Å². The van der Waals surface area contributed by atoms with Crippen molar-refractivity contribution in [1.82, 2.24) is 15.5 Å². The molecule has 2 rings (SSSR count). The predicted molar refractivity (Wildman–Crippen MR) is 67.9 cm³/mol. The first-order valence-corrected chi connectivity index (χ1v) is 6.13. The average molecular weight is 252 g/mol. The normalized spacial score (nSPS) is 17.9. The quantitative estimate of drug-likeness (QED) is 0.749. The number of carbonyl (C=O) groups is 1. The van der Waals surface area contributed by atoms with Crippen molar-refractivity contribution >= 4 is 11.9 Å². The number of aromatic nitrogens is 2. The minimum Gasteiger partial charge on any atom is -0.444 e. The first kappa shape index (κ1) is 12.7. The standard InChI is InChI=1S/C12H20N4O2/c1-11(2,3)18-10(17)14-12(5-4-6-12)8-7-9(13)16-15-8/h7H,4-6H2,1-3H3,(H,14,17)(H3,13,15,16). The number of hydrogen-bond acceptors (Lipinski definition) is 4. The third kappa shape index (κ3) is 2.57. The Hall–Kier alpha value is -1.72. The van der Waals surface area contributed by atoms with Crippen molar-refractivity contribution in [2.75, 3.05) is 5.73 Å². The summed E-state index contributed by atoms with van der Waals surface area (Å²) in [6.45, 7) is 5.52. The van der Waals surface area contributed by atoms with E-state index in [4.69, 9.17) is 10.5 Å². The van der Waals surface area contributed by atoms with Crippen LogP contribution < -0.4 is 11.1 Å². The summed E-state index contributed by atoms with van der Waals surface area (Å²) in [6.07, 6.45) is 2.39. The van der Waals surface area contributed by atoms with Gasteiger partial charge in [0.05, 0.1) is 11.2 Å². The second kappa shape index (κ2) is 4.19. The molecule has 1 aromatic heterocycles. The second-order valence-corrected chi connectivity index (χ2v) is 5.77. The van der Waals surface area contributed by atoms with Crippen molar-refractivity contribution in [3.8, 4) is 0 Å². The Kier molecular flexibility index (Phi) is 2.96. The van der Waals surface area contributed by atoms with Crippen LogP contribution in [0, 0.1) is 0 Å². The summed E-state index contributed by atoms with van der Waals surface area (Å²) in [7, 11) is 0. The number of nitrogens with zero attached hydrogens (tertiary/aromatic N) is 1. The fraction of sp³-hybridized carbons (Fsp3) is 0.667. The van der Waals surface area contributed by atoms with Crippen molar-refractivity contribution in [2.24, 2.45) is 0 Å². The van der Waals surface area contributed by atoms with E-state index in [1.165, 1.54) is 0 Å². The molecule has 1 heterocycles. The lowest BCUT2D eigenvalue weighted by Gasteiger charge is -2.41. The number of ether oxygens (including phenoxy) is 1. The average Bonchev–Trinajstić information content (AvgIpc) is 2.55. The molecule has 1 amide bonds. The monoisotopic (exact) mass is 252 g/mol. The SMILES string of the molecule is CC(C)(C)OC(=O)NC1(c2cc(N)n[nH]2)CCC1. The van der Waals surface area contributed by atoms with Gasteiger partial charge in [-0.15, -0.1) is 0 Å². The molecule has 4 N–H and O–H groups in total. The Balaban J connectivity index is 2.08. The van der Waals surface area contributed by atoms with Crippen LogP contribution in [0.5, 0.6) is 0 Å². The van der Waals surface area contributed by atoms with Gasteiger partial charge in [-0.25, -0.2) is 4.79 Å². The summed E-state index contributed by atoms with van der Waals surface area (Å²) in [5, 5.41) is 9.71. The lowest BCUT2D eigenvalue weighted by molar-refractivity contribution is 0.0371. The number of nitrogens with one attached hydrogen (secondary N) is 2. The third-order valence-corrected chi connectivity index (χ3v) is 3.06. The highest BCUT2D eigenvalue weighted by atomic mass is 16.6. The number of hydrogen-bond donors (Lipinski definition) is 3. The first-order chi connectivity index (χ1) is 8.31. The maximum atomic E-state index is 11.8. The van der Waals surface area contributed by atoms with Gasteiger partial charge >= 0.3 is 6.09 Å². The number of rotatable bonds is 2. The number of H-pyrrole nitrogens is 1. The molecule has 0 bridgehead atoms. The molecule has 1 fully saturated rings. The topological polar surface area (TPSA) is 93.0 Å². The van der Waals surface area contributed by atoms with Gasteiger partial charge < -0.3 is 15.8 Å². The van der Waals surface area contributed by atoms with Crippen LogP contribution in [0.15, 0.2) is 6.07 Å². The molecule has 100 valence electrons. The molecule has 0 spiro atoms. The first-order valence-electron chi connectivity index (χ1n) is 6.13. The number of nitrogens with two attached hydrogens (primary N) is 1. The van der Waals surface area contributed by atoms with Crippen LogP contribution >= 0.6 is 0 Å². The summed E-state index contributed by atoms with van der Waals surface area (Å²) in [6, 6.07) is 1.76. The summed E-state index contributed by atoms with van der Waals surface area (Å²) in [5.41, 5.74) is 5.55. The Morgan fingerprint density at radius 3 is 2.61 bits per heavy atom. The van der Waals surface area contributed by atoms with Gasteiger partial charge in [-0.3, -0.25) is 5.10 Å². The van der Waals surface area contributed by atoms with Crippen molar-refractivity contribution in [3.05, 3.63) is 11.8 Å². The van der Waals surface area contributed by atoms with Crippen LogP contribution in [0.1, 0.15) is 45.7 Å². The van der Waals surface area contributed by atoms with Gasteiger partial charge in [0.2, 0.25) is 0 Å². The second-order valence-electron chi connectivity index (χ2n) is 5.77. The van der Waals surface area contributed by atoms with E-state index in [0.717, 1.165) is 25.0 Å². The molecule has 1 aromatic rings. The molecule has 1 saturated carbocycles. The highest BCUT2D eigenvalue weighted by Crippen LogP contribution is 2.40. The third-order valence-electron chi connectivity index (χ3n) is 3.06. The highest BCUT2D eigenvalue weighted by Gasteiger charge is 2.42. The molecule has 18 heavy (non-hydrogen) atoms. The number of nitrogen functional groups attached to an aromatic ring is 1. The van der Waals surface area contributed by atoms with Gasteiger partial charge in [-0.1, -0.05) is 0 Å². The molecule has 1 aliphatic carbocycles. The molecule has 0 aromatic carbocycles. The Morgan fingerprint density at radius 2 is 2.22 bits per heavy atom. The molecule has 0 saturated heterocycles. The summed E-state index contributed by atoms with van der Waals surface area (Å²) < 4.78 is 5.28. The molecule has 0 aliphatic heterocycles. The van der Waals surface area contributed by atoms with Crippen LogP contribution in [-0.4, -0.2) is 21.9 Å². The molecule has 6 heteroatoms. The lowest BCUT2D eigenvalue weighted by Crippen LogP contribution is -2.52. The predicted octanol–water partition coefficient (Wildman–Crippen LogP) is 1.90. The van der Waals surface area contributed by atoms with Gasteiger partial charge in [-0.2, -0.15) is 5.10 Å². The van der Waals surface area contributed by atoms with E-state index in [1.54, 1.807) is 6.07 Å². The number of aromatic amines is 1. The van der Waals surface area contributed by atoms with Gasteiger partial charge in [0, 0.05) is 6.07 Å². The van der Waals surface area contributed by atoms with Crippen LogP contribution in [0.25, 0.3) is 0 Å². The van der Waals surface area contributed by atoms with Gasteiger partial charge in [0.25, 0.3) is 0 Å². The zero-order chi connectivity index (χ0) is 13.4. The van der Waals surface area contributed by atoms with E-state index in [0.29, 0.717) is 5.82 Å². The molecular weight excluding hydrogens is 232 g/mol. The molecule has 1 aliphatic rings. The van der Waals surface area contributed by atoms with Crippen LogP contribution in [0.4, 0.5) is 10.6 Å². The number of amides is 1. The Bertz CT molecular complexity index is 443. The summed E-state index contributed by atoms with van der Waals surface area (Å²) in [4.78, 5) is 11.8. The minimum atomic E-state index is -0.498. The fourth-order valence-corrected chi connectivity index (χ4v) is 2.07. The largest absolute Gasteiger partial charge is 0.444 e. The molecule has 0 atom stereocenters. The van der Waals surface area contributed by atoms with E-state index in [-0.39, 0.29) is 0 Å². The van der Waals surface area contributed by atoms with E-state index in [2.05, 4.69) is 15.5 Å². The zero-order valence-electron chi connectivity index (χ0n) is 11.0. The van der Waals surface area contributed by atoms with Crippen molar-refractivity contribution in [1.29, 1.82) is 0 Å². The molecular formula is C12H20N4O2. The van der Waals surface area contributed by atoms with E-state index >= 15 is 0 Å². The van der Waals surface area contributed by atoms with E-state index < -0.39 is 17.2 Å². The Labute approximate surface area is 106 Å². The van der Waals surface area contributed by atoms with Gasteiger partial charge in [-0.05, 0) is 40.0 Å². The molecule has 6 nitrogen and oxygen atoms in total. The smallest absolute Gasteiger partial charge is 0.408 e. The van der Waals surface area contributed by atoms with Crippen molar-refractivity contribution < 1.29 is 9.53 Å². The number of alkyl carbamates (subject to hydrolysis) is 1. The maximum Gasteiger partial charge on any atom is 0.408 e. The number of anilines is 1. The molecule has 0 unspecified atom stereocenters. The van der Waals surface area contributed by atoms with Crippen molar-refractivity contribution in [2.45, 2.75) is 51.2 Å². The Morgan fingerprint density at radius 1 is 1.56 bits per heavy atom.